The summed E-state index contributed by atoms with van der Waals surface area (Å²) in [7, 11) is 0. The molecular weight excluding hydrogens is 242 g/mol. The van der Waals surface area contributed by atoms with Crippen LogP contribution in [0.5, 0.6) is 0 Å². The van der Waals surface area contributed by atoms with Crippen LogP contribution in [0.25, 0.3) is 11.4 Å². The van der Waals surface area contributed by atoms with Gasteiger partial charge in [0, 0.05) is 11.3 Å². The summed E-state index contributed by atoms with van der Waals surface area (Å²) in [5.74, 6) is 1.95. The first-order valence-corrected chi connectivity index (χ1v) is 7.40. The number of thioether (sulfide) groups is 1. The molecule has 1 aromatic carbocycles. The molecule has 18 heavy (non-hydrogen) atoms. The highest BCUT2D eigenvalue weighted by molar-refractivity contribution is 7.99. The van der Waals surface area contributed by atoms with E-state index < -0.39 is 0 Å². The molecule has 0 saturated carbocycles. The average molecular weight is 261 g/mol. The third-order valence-corrected chi connectivity index (χ3v) is 3.70. The summed E-state index contributed by atoms with van der Waals surface area (Å²) >= 11 is 1.73. The molecule has 0 radical (unpaired) electrons. The van der Waals surface area contributed by atoms with Gasteiger partial charge in [-0.25, -0.2) is 4.98 Å². The summed E-state index contributed by atoms with van der Waals surface area (Å²) < 4.78 is 0. The van der Waals surface area contributed by atoms with Crippen molar-refractivity contribution in [3.63, 3.8) is 0 Å². The van der Waals surface area contributed by atoms with Crippen molar-refractivity contribution in [3.8, 4) is 11.4 Å². The number of benzene rings is 1. The van der Waals surface area contributed by atoms with E-state index in [2.05, 4.69) is 53.3 Å². The monoisotopic (exact) mass is 261 g/mol. The zero-order chi connectivity index (χ0) is 12.8. The second kappa shape index (κ2) is 6.59. The molecule has 0 spiro atoms. The van der Waals surface area contributed by atoms with Crippen LogP contribution in [0.3, 0.4) is 0 Å². The van der Waals surface area contributed by atoms with Crippen LogP contribution in [0.4, 0.5) is 0 Å². The van der Waals surface area contributed by atoms with E-state index in [0.717, 1.165) is 22.3 Å². The molecule has 1 N–H and O–H groups in total. The molecule has 0 aliphatic rings. The second-order valence-corrected chi connectivity index (χ2v) is 5.45. The predicted octanol–water partition coefficient (Wildman–Crippen LogP) is 4.06. The van der Waals surface area contributed by atoms with Gasteiger partial charge in [0.25, 0.3) is 0 Å². The van der Waals surface area contributed by atoms with Gasteiger partial charge in [-0.15, -0.1) is 5.10 Å². The van der Waals surface area contributed by atoms with Crippen LogP contribution < -0.4 is 0 Å². The summed E-state index contributed by atoms with van der Waals surface area (Å²) in [4.78, 5) is 4.50. The van der Waals surface area contributed by atoms with Gasteiger partial charge in [0.2, 0.25) is 5.16 Å². The van der Waals surface area contributed by atoms with Crippen LogP contribution in [-0.2, 0) is 0 Å². The van der Waals surface area contributed by atoms with Gasteiger partial charge in [0.1, 0.15) is 0 Å². The van der Waals surface area contributed by atoms with Crippen molar-refractivity contribution in [3.05, 3.63) is 29.8 Å². The molecule has 0 amide bonds. The minimum atomic E-state index is 0.849. The molecule has 0 atom stereocenters. The Morgan fingerprint density at radius 3 is 2.67 bits per heavy atom. The molecule has 0 bridgehead atoms. The first kappa shape index (κ1) is 13.1. The van der Waals surface area contributed by atoms with E-state index in [-0.39, 0.29) is 0 Å². The van der Waals surface area contributed by atoms with Gasteiger partial charge in [-0.05, 0) is 13.3 Å². The number of nitrogens with one attached hydrogen (secondary N) is 1. The molecule has 1 heterocycles. The molecule has 3 nitrogen and oxygen atoms in total. The molecule has 1 aromatic heterocycles. The topological polar surface area (TPSA) is 41.6 Å². The molecule has 0 saturated heterocycles. The largest absolute Gasteiger partial charge is 0.258 e. The minimum Gasteiger partial charge on any atom is -0.258 e. The van der Waals surface area contributed by atoms with E-state index >= 15 is 0 Å². The Bertz CT molecular complexity index is 476. The molecule has 0 aliphatic heterocycles. The zero-order valence-corrected chi connectivity index (χ0v) is 11.8. The van der Waals surface area contributed by atoms with Gasteiger partial charge < -0.3 is 0 Å². The van der Waals surface area contributed by atoms with Gasteiger partial charge in [-0.1, -0.05) is 61.4 Å². The van der Waals surface area contributed by atoms with Crippen LogP contribution in [-0.4, -0.2) is 20.9 Å². The third-order valence-electron chi connectivity index (χ3n) is 2.77. The van der Waals surface area contributed by atoms with E-state index in [1.54, 1.807) is 11.8 Å². The standard InChI is InChI=1S/C14H19N3S/c1-3-4-5-10-18-14-15-13(16-17-14)12-8-6-11(2)7-9-12/h6-9H,3-5,10H2,1-2H3,(H,15,16,17). The minimum absolute atomic E-state index is 0.849. The lowest BCUT2D eigenvalue weighted by Crippen LogP contribution is -1.82. The van der Waals surface area contributed by atoms with Gasteiger partial charge in [-0.3, -0.25) is 5.10 Å². The highest BCUT2D eigenvalue weighted by Gasteiger charge is 2.05. The SMILES string of the molecule is CCCCCSc1n[nH]c(-c2ccc(C)cc2)n1. The molecule has 0 aliphatic carbocycles. The van der Waals surface area contributed by atoms with Crippen LogP contribution >= 0.6 is 11.8 Å². The Morgan fingerprint density at radius 2 is 1.94 bits per heavy atom. The lowest BCUT2D eigenvalue weighted by Gasteiger charge is -1.96. The highest BCUT2D eigenvalue weighted by atomic mass is 32.2. The van der Waals surface area contributed by atoms with Crippen molar-refractivity contribution >= 4 is 11.8 Å². The number of aromatic amines is 1. The number of rotatable bonds is 6. The normalized spacial score (nSPS) is 10.8. The molecule has 2 rings (SSSR count). The lowest BCUT2D eigenvalue weighted by atomic mass is 10.1. The van der Waals surface area contributed by atoms with Crippen molar-refractivity contribution in [2.75, 3.05) is 5.75 Å². The van der Waals surface area contributed by atoms with Crippen molar-refractivity contribution in [2.45, 2.75) is 38.3 Å². The third kappa shape index (κ3) is 3.60. The van der Waals surface area contributed by atoms with E-state index in [0.29, 0.717) is 0 Å². The molecule has 0 fully saturated rings. The molecule has 0 unspecified atom stereocenters. The lowest BCUT2D eigenvalue weighted by molar-refractivity contribution is 0.777. The van der Waals surface area contributed by atoms with E-state index in [1.165, 1.54) is 24.8 Å². The zero-order valence-electron chi connectivity index (χ0n) is 10.9. The van der Waals surface area contributed by atoms with Crippen molar-refractivity contribution in [2.24, 2.45) is 0 Å². The van der Waals surface area contributed by atoms with Gasteiger partial charge in [-0.2, -0.15) is 0 Å². The molecule has 96 valence electrons. The number of aryl methyl sites for hydroxylation is 1. The summed E-state index contributed by atoms with van der Waals surface area (Å²) in [6.07, 6.45) is 3.76. The fourth-order valence-electron chi connectivity index (χ4n) is 1.67. The maximum absolute atomic E-state index is 4.50. The Labute approximate surface area is 112 Å². The van der Waals surface area contributed by atoms with Crippen molar-refractivity contribution in [1.82, 2.24) is 15.2 Å². The number of hydrogen-bond donors (Lipinski definition) is 1. The number of nitrogens with zero attached hydrogens (tertiary/aromatic N) is 2. The average Bonchev–Trinajstić information content (AvgIpc) is 2.84. The number of hydrogen-bond acceptors (Lipinski definition) is 3. The van der Waals surface area contributed by atoms with Gasteiger partial charge in [0.15, 0.2) is 5.82 Å². The highest BCUT2D eigenvalue weighted by Crippen LogP contribution is 2.20. The first-order chi connectivity index (χ1) is 8.79. The summed E-state index contributed by atoms with van der Waals surface area (Å²) in [6.45, 7) is 4.30. The van der Waals surface area contributed by atoms with Crippen molar-refractivity contribution < 1.29 is 0 Å². The van der Waals surface area contributed by atoms with E-state index in [1.807, 2.05) is 0 Å². The van der Waals surface area contributed by atoms with Crippen LogP contribution in [0.15, 0.2) is 29.4 Å². The first-order valence-electron chi connectivity index (χ1n) is 6.42. The Balaban J connectivity index is 1.95. The Hall–Kier alpha value is -1.29. The predicted molar refractivity (Wildman–Crippen MR) is 76.8 cm³/mol. The number of aromatic nitrogens is 3. The smallest absolute Gasteiger partial charge is 0.208 e. The fourth-order valence-corrected chi connectivity index (χ4v) is 2.46. The summed E-state index contributed by atoms with van der Waals surface area (Å²) in [5, 5.41) is 8.09. The van der Waals surface area contributed by atoms with Crippen LogP contribution in [0.2, 0.25) is 0 Å². The van der Waals surface area contributed by atoms with Gasteiger partial charge >= 0.3 is 0 Å². The Kier molecular flexibility index (Phi) is 4.81. The van der Waals surface area contributed by atoms with Crippen LogP contribution in [0.1, 0.15) is 31.7 Å². The Morgan fingerprint density at radius 1 is 1.17 bits per heavy atom. The number of H-pyrrole nitrogens is 1. The number of unbranched alkanes of at least 4 members (excludes halogenated alkanes) is 2. The molecule has 4 heteroatoms. The maximum Gasteiger partial charge on any atom is 0.208 e. The van der Waals surface area contributed by atoms with Gasteiger partial charge in [0.05, 0.1) is 0 Å². The quantitative estimate of drug-likeness (QED) is 0.629. The summed E-state index contributed by atoms with van der Waals surface area (Å²) in [6, 6.07) is 8.32. The fraction of sp³-hybridized carbons (Fsp3) is 0.429. The van der Waals surface area contributed by atoms with Crippen molar-refractivity contribution in [1.29, 1.82) is 0 Å². The molecular formula is C14H19N3S. The maximum atomic E-state index is 4.50. The molecule has 2 aromatic rings. The van der Waals surface area contributed by atoms with Crippen LogP contribution in [0, 0.1) is 6.92 Å². The summed E-state index contributed by atoms with van der Waals surface area (Å²) in [5.41, 5.74) is 2.35. The van der Waals surface area contributed by atoms with E-state index in [4.69, 9.17) is 0 Å². The van der Waals surface area contributed by atoms with E-state index in [9.17, 15) is 0 Å². The second-order valence-electron chi connectivity index (χ2n) is 4.39.